The van der Waals surface area contributed by atoms with Crippen molar-refractivity contribution in [1.82, 2.24) is 25.5 Å². The molecule has 0 radical (unpaired) electrons. The standard InChI is InChI=1S/C28H45N6O11P/c1-15(2)8-21(32-28(41)23-6-5-7-34(23)17(4)36)24(37)10-18(9-19-12-30-14-31-19)27(40)33-22(13-35)25(38)11-20(26(29)39)16(3)45-46(42,43)44/h12,14-16,18,20-23,35H,5-11,13H2,1-4H3,(H2,29,39)(H,30,31)(H,32,41)(H,33,40)(H2,42,43,44)/t16?,18-,20?,21+,22+,23?/m1/s1. The largest absolute Gasteiger partial charge is 0.469 e. The summed E-state index contributed by atoms with van der Waals surface area (Å²) in [6, 6.07) is -3.23. The van der Waals surface area contributed by atoms with E-state index in [9.17, 15) is 38.4 Å². The molecule has 6 atom stereocenters. The van der Waals surface area contributed by atoms with Gasteiger partial charge < -0.3 is 41.1 Å². The lowest BCUT2D eigenvalue weighted by Crippen LogP contribution is -2.52. The lowest BCUT2D eigenvalue weighted by molar-refractivity contribution is -0.138. The van der Waals surface area contributed by atoms with Crippen LogP contribution in [0.5, 0.6) is 0 Å². The van der Waals surface area contributed by atoms with Gasteiger partial charge in [-0.3, -0.25) is 33.3 Å². The molecule has 2 heterocycles. The molecule has 1 aromatic rings. The van der Waals surface area contributed by atoms with Crippen molar-refractivity contribution in [3.8, 4) is 0 Å². The Bertz CT molecular complexity index is 1280. The number of primary amides is 1. The van der Waals surface area contributed by atoms with Crippen molar-refractivity contribution in [3.63, 3.8) is 0 Å². The zero-order valence-electron chi connectivity index (χ0n) is 26.4. The van der Waals surface area contributed by atoms with Crippen LogP contribution in [-0.4, -0.2) is 102 Å². The van der Waals surface area contributed by atoms with E-state index in [0.29, 0.717) is 25.1 Å². The lowest BCUT2D eigenvalue weighted by Gasteiger charge is -2.27. The summed E-state index contributed by atoms with van der Waals surface area (Å²) in [5.74, 6) is -6.54. The Hall–Kier alpha value is -3.50. The number of H-pyrrole nitrogens is 1. The molecule has 4 amide bonds. The summed E-state index contributed by atoms with van der Waals surface area (Å²) in [4.78, 5) is 104. The van der Waals surface area contributed by atoms with Gasteiger partial charge in [-0.2, -0.15) is 0 Å². The van der Waals surface area contributed by atoms with E-state index in [2.05, 4.69) is 25.1 Å². The van der Waals surface area contributed by atoms with Crippen molar-refractivity contribution in [1.29, 1.82) is 0 Å². The topological polar surface area (TPSA) is 271 Å². The zero-order chi connectivity index (χ0) is 34.8. The van der Waals surface area contributed by atoms with Crippen molar-refractivity contribution < 1.29 is 52.7 Å². The summed E-state index contributed by atoms with van der Waals surface area (Å²) in [6.45, 7) is 5.77. The highest BCUT2D eigenvalue weighted by molar-refractivity contribution is 7.46. The fourth-order valence-electron chi connectivity index (χ4n) is 5.40. The number of carbonyl (C=O) groups excluding carboxylic acids is 6. The summed E-state index contributed by atoms with van der Waals surface area (Å²) < 4.78 is 15.7. The first-order valence-electron chi connectivity index (χ1n) is 15.0. The van der Waals surface area contributed by atoms with Crippen LogP contribution in [0.1, 0.15) is 65.5 Å². The van der Waals surface area contributed by atoms with Crippen LogP contribution < -0.4 is 16.4 Å². The minimum Gasteiger partial charge on any atom is -0.394 e. The number of hydrogen-bond acceptors (Lipinski definition) is 10. The molecule has 258 valence electrons. The van der Waals surface area contributed by atoms with Crippen molar-refractivity contribution >= 4 is 43.0 Å². The molecular formula is C28H45N6O11P. The van der Waals surface area contributed by atoms with Crippen molar-refractivity contribution in [2.45, 2.75) is 90.4 Å². The molecule has 1 saturated heterocycles. The highest BCUT2D eigenvalue weighted by atomic mass is 31.2. The van der Waals surface area contributed by atoms with E-state index in [1.807, 2.05) is 13.8 Å². The van der Waals surface area contributed by atoms with Crippen LogP contribution in [0.15, 0.2) is 12.5 Å². The Morgan fingerprint density at radius 2 is 1.76 bits per heavy atom. The average Bonchev–Trinajstić information content (AvgIpc) is 3.64. The van der Waals surface area contributed by atoms with Crippen LogP contribution in [0.2, 0.25) is 0 Å². The van der Waals surface area contributed by atoms with Crippen molar-refractivity contribution in [3.05, 3.63) is 18.2 Å². The molecule has 0 spiro atoms. The maximum Gasteiger partial charge on any atom is 0.469 e. The van der Waals surface area contributed by atoms with E-state index >= 15 is 0 Å². The summed E-state index contributed by atoms with van der Waals surface area (Å²) in [6.07, 6.45) is 1.61. The second kappa shape index (κ2) is 17.4. The number of carbonyl (C=O) groups is 6. The molecule has 0 aliphatic carbocycles. The lowest BCUT2D eigenvalue weighted by atomic mass is 9.89. The fourth-order valence-corrected chi connectivity index (χ4v) is 5.98. The van der Waals surface area contributed by atoms with Gasteiger partial charge in [-0.15, -0.1) is 0 Å². The fraction of sp³-hybridized carbons (Fsp3) is 0.679. The number of likely N-dealkylation sites (tertiary alicyclic amines) is 1. The Kier molecular flexibility index (Phi) is 14.7. The number of nitrogens with zero attached hydrogens (tertiary/aromatic N) is 2. The van der Waals surface area contributed by atoms with Gasteiger partial charge in [0.25, 0.3) is 0 Å². The number of aromatic nitrogens is 2. The van der Waals surface area contributed by atoms with E-state index in [4.69, 9.17) is 15.5 Å². The predicted molar refractivity (Wildman–Crippen MR) is 161 cm³/mol. The maximum atomic E-state index is 13.6. The number of nitrogens with two attached hydrogens (primary N) is 1. The molecule has 1 aliphatic heterocycles. The molecule has 0 aromatic carbocycles. The molecular weight excluding hydrogens is 627 g/mol. The van der Waals surface area contributed by atoms with Crippen LogP contribution in [0.25, 0.3) is 0 Å². The average molecular weight is 673 g/mol. The third-order valence-corrected chi connectivity index (χ3v) is 8.36. The predicted octanol–water partition coefficient (Wildman–Crippen LogP) is -0.895. The van der Waals surface area contributed by atoms with Crippen LogP contribution in [-0.2, 0) is 44.3 Å². The molecule has 0 bridgehead atoms. The normalized spacial score (nSPS) is 18.3. The first kappa shape index (κ1) is 38.7. The van der Waals surface area contributed by atoms with Gasteiger partial charge in [0, 0.05) is 44.6 Å². The monoisotopic (exact) mass is 672 g/mol. The minimum absolute atomic E-state index is 0.0202. The Morgan fingerprint density at radius 1 is 1.11 bits per heavy atom. The first-order chi connectivity index (χ1) is 21.4. The van der Waals surface area contributed by atoms with E-state index in [1.165, 1.54) is 24.3 Å². The van der Waals surface area contributed by atoms with Crippen LogP contribution >= 0.6 is 7.82 Å². The molecule has 18 heteroatoms. The molecule has 17 nitrogen and oxygen atoms in total. The van der Waals surface area contributed by atoms with E-state index in [1.54, 1.807) is 0 Å². The second-order valence-corrected chi connectivity index (χ2v) is 13.1. The smallest absolute Gasteiger partial charge is 0.394 e. The SMILES string of the molecule is CC(=O)N1CCCC1C(=O)N[C@@H](CC(C)C)C(=O)C[C@@H](Cc1cnc[nH]1)C(=O)N[C@@H](CO)C(=O)CC(C(N)=O)C(C)OP(=O)(O)O. The van der Waals surface area contributed by atoms with Crippen LogP contribution in [0.4, 0.5) is 0 Å². The second-order valence-electron chi connectivity index (χ2n) is 11.9. The van der Waals surface area contributed by atoms with Gasteiger partial charge in [0.05, 0.1) is 36.9 Å². The maximum absolute atomic E-state index is 13.6. The molecule has 2 rings (SSSR count). The number of nitrogens with one attached hydrogen (secondary N) is 3. The number of Topliss-reactive ketones (excluding diaryl/α,β-unsaturated/α-hetero) is 2. The molecule has 46 heavy (non-hydrogen) atoms. The van der Waals surface area contributed by atoms with E-state index < -0.39 is 86.2 Å². The Labute approximate surface area is 266 Å². The number of phosphoric acid groups is 1. The van der Waals surface area contributed by atoms with E-state index in [-0.39, 0.29) is 31.1 Å². The molecule has 3 unspecified atom stereocenters. The number of imidazole rings is 1. The quantitative estimate of drug-likeness (QED) is 0.0882. The number of aliphatic hydroxyl groups excluding tert-OH is 1. The number of ketones is 2. The highest BCUT2D eigenvalue weighted by Crippen LogP contribution is 2.39. The molecule has 1 aliphatic rings. The van der Waals surface area contributed by atoms with Crippen LogP contribution in [0, 0.1) is 17.8 Å². The van der Waals surface area contributed by atoms with Gasteiger partial charge in [-0.25, -0.2) is 9.55 Å². The van der Waals surface area contributed by atoms with Gasteiger partial charge in [0.1, 0.15) is 12.1 Å². The van der Waals surface area contributed by atoms with Gasteiger partial charge >= 0.3 is 7.82 Å². The van der Waals surface area contributed by atoms with E-state index in [0.717, 1.165) is 6.92 Å². The van der Waals surface area contributed by atoms with Crippen LogP contribution in [0.3, 0.4) is 0 Å². The van der Waals surface area contributed by atoms with Gasteiger partial charge in [0.15, 0.2) is 11.6 Å². The minimum atomic E-state index is -5.03. The Morgan fingerprint density at radius 3 is 2.28 bits per heavy atom. The van der Waals surface area contributed by atoms with Crippen molar-refractivity contribution in [2.24, 2.45) is 23.5 Å². The number of amides is 4. The summed E-state index contributed by atoms with van der Waals surface area (Å²) >= 11 is 0. The first-order valence-corrected chi connectivity index (χ1v) is 16.5. The summed E-state index contributed by atoms with van der Waals surface area (Å²) in [7, 11) is -5.03. The number of rotatable bonds is 19. The number of aromatic amines is 1. The van der Waals surface area contributed by atoms with Gasteiger partial charge in [0.2, 0.25) is 23.6 Å². The molecule has 1 fully saturated rings. The zero-order valence-corrected chi connectivity index (χ0v) is 27.3. The third kappa shape index (κ3) is 12.0. The summed E-state index contributed by atoms with van der Waals surface area (Å²) in [5, 5.41) is 15.1. The number of hydrogen-bond donors (Lipinski definition) is 7. The third-order valence-electron chi connectivity index (χ3n) is 7.76. The number of aliphatic hydroxyl groups is 1. The highest BCUT2D eigenvalue weighted by Gasteiger charge is 2.37. The molecule has 1 aromatic heterocycles. The number of phosphoric ester groups is 1. The van der Waals surface area contributed by atoms with Gasteiger partial charge in [-0.05, 0) is 32.1 Å². The molecule has 0 saturated carbocycles. The Balaban J connectivity index is 2.23. The van der Waals surface area contributed by atoms with Crippen molar-refractivity contribution in [2.75, 3.05) is 13.2 Å². The van der Waals surface area contributed by atoms with Gasteiger partial charge in [-0.1, -0.05) is 13.8 Å². The molecule has 8 N–H and O–H groups in total. The summed E-state index contributed by atoms with van der Waals surface area (Å²) in [5.41, 5.74) is 5.81.